The van der Waals surface area contributed by atoms with E-state index in [0.29, 0.717) is 0 Å². The first-order valence-corrected chi connectivity index (χ1v) is 23.3. The summed E-state index contributed by atoms with van der Waals surface area (Å²) in [4.78, 5) is 17.4. The third-order valence-corrected chi connectivity index (χ3v) is 13.2. The minimum absolute atomic E-state index is 0.0214. The maximum absolute atomic E-state index is 5.79. The van der Waals surface area contributed by atoms with Crippen molar-refractivity contribution in [2.24, 2.45) is 0 Å². The van der Waals surface area contributed by atoms with Gasteiger partial charge in [0, 0.05) is 32.8 Å². The Kier molecular flexibility index (Phi) is 10.6. The second-order valence-electron chi connectivity index (χ2n) is 20.9. The fourth-order valence-corrected chi connectivity index (χ4v) is 9.30. The van der Waals surface area contributed by atoms with Crippen LogP contribution in [0.25, 0.3) is 99.9 Å². The van der Waals surface area contributed by atoms with E-state index in [2.05, 4.69) is 244 Å². The van der Waals surface area contributed by atoms with Gasteiger partial charge in [-0.15, -0.1) is 0 Å². The highest BCUT2D eigenvalue weighted by atomic mass is 14.8. The Bertz CT molecular complexity index is 2990. The molecule has 0 N–H and O–H groups in total. The first kappa shape index (κ1) is 42.7. The summed E-state index contributed by atoms with van der Waals surface area (Å²) >= 11 is 0. The van der Waals surface area contributed by atoms with Crippen LogP contribution in [0.2, 0.25) is 0 Å². The molecule has 0 aliphatic rings. The summed E-state index contributed by atoms with van der Waals surface area (Å²) in [6, 6.07) is 66.0. The van der Waals surface area contributed by atoms with Crippen LogP contribution in [-0.4, -0.2) is 15.0 Å². The van der Waals surface area contributed by atoms with Gasteiger partial charge in [0.1, 0.15) is 0 Å². The zero-order valence-corrected chi connectivity index (χ0v) is 39.7. The maximum atomic E-state index is 5.79. The van der Waals surface area contributed by atoms with Crippen molar-refractivity contribution in [1.29, 1.82) is 0 Å². The molecule has 0 radical (unpaired) electrons. The van der Waals surface area contributed by atoms with Crippen LogP contribution in [0.5, 0.6) is 0 Å². The normalized spacial score (nSPS) is 12.3. The molecule has 0 bridgehead atoms. The lowest BCUT2D eigenvalue weighted by molar-refractivity contribution is 0.590. The maximum Gasteiger partial charge on any atom is 0.0838 e. The summed E-state index contributed by atoms with van der Waals surface area (Å²) in [6.07, 6.45) is 0. The molecule has 0 amide bonds. The molecule has 3 aromatic heterocycles. The fourth-order valence-electron chi connectivity index (χ4n) is 9.30. The van der Waals surface area contributed by atoms with Gasteiger partial charge in [0.05, 0.1) is 33.6 Å². The van der Waals surface area contributed by atoms with Gasteiger partial charge in [-0.25, -0.2) is 15.0 Å². The Balaban J connectivity index is 1.42. The number of hydrogen-bond donors (Lipinski definition) is 0. The zero-order chi connectivity index (χ0) is 46.0. The van der Waals surface area contributed by atoms with Crippen LogP contribution in [0, 0.1) is 0 Å². The lowest BCUT2D eigenvalue weighted by atomic mass is 9.85. The summed E-state index contributed by atoms with van der Waals surface area (Å²) in [5.41, 5.74) is 19.0. The third kappa shape index (κ3) is 7.98. The summed E-state index contributed by atoms with van der Waals surface area (Å²) < 4.78 is 0. The van der Waals surface area contributed by atoms with Gasteiger partial charge in [0.15, 0.2) is 0 Å². The molecule has 10 aromatic rings. The molecule has 0 unspecified atom stereocenters. The largest absolute Gasteiger partial charge is 0.247 e. The van der Waals surface area contributed by atoms with Crippen molar-refractivity contribution in [1.82, 2.24) is 15.0 Å². The summed E-state index contributed by atoms with van der Waals surface area (Å²) in [5, 5.41) is 3.01. The number of pyridine rings is 3. The average molecular weight is 856 g/mol. The van der Waals surface area contributed by atoms with Gasteiger partial charge in [0.2, 0.25) is 0 Å². The predicted octanol–water partition coefficient (Wildman–Crippen LogP) is 17.2. The smallest absolute Gasteiger partial charge is 0.0838 e. The number of rotatable bonds is 6. The van der Waals surface area contributed by atoms with E-state index in [4.69, 9.17) is 15.0 Å². The Morgan fingerprint density at radius 2 is 0.485 bits per heavy atom. The molecule has 0 fully saturated rings. The van der Waals surface area contributed by atoms with Crippen LogP contribution in [0.3, 0.4) is 0 Å². The predicted molar refractivity (Wildman–Crippen MR) is 281 cm³/mol. The van der Waals surface area contributed by atoms with Crippen LogP contribution in [0.15, 0.2) is 182 Å². The van der Waals surface area contributed by atoms with Gasteiger partial charge in [-0.1, -0.05) is 226 Å². The zero-order valence-electron chi connectivity index (χ0n) is 39.7. The third-order valence-electron chi connectivity index (χ3n) is 13.2. The van der Waals surface area contributed by atoms with E-state index < -0.39 is 0 Å². The van der Waals surface area contributed by atoms with Crippen molar-refractivity contribution >= 4 is 32.7 Å². The molecule has 3 heteroatoms. The highest BCUT2D eigenvalue weighted by molar-refractivity contribution is 6.31. The van der Waals surface area contributed by atoms with Gasteiger partial charge in [0.25, 0.3) is 0 Å². The Labute approximate surface area is 390 Å². The summed E-state index contributed by atoms with van der Waals surface area (Å²) in [5.74, 6) is 0. The Morgan fingerprint density at radius 1 is 0.258 bits per heavy atom. The lowest BCUT2D eigenvalue weighted by Crippen LogP contribution is -2.10. The molecule has 0 saturated heterocycles. The van der Waals surface area contributed by atoms with Gasteiger partial charge in [-0.2, -0.15) is 0 Å². The number of benzene rings is 7. The summed E-state index contributed by atoms with van der Waals surface area (Å²) in [6.45, 7) is 20.3. The number of aromatic nitrogens is 3. The van der Waals surface area contributed by atoms with E-state index in [1.54, 1.807) is 0 Å². The molecular formula is C63H57N3. The molecule has 3 heterocycles. The summed E-state index contributed by atoms with van der Waals surface area (Å²) in [7, 11) is 0. The van der Waals surface area contributed by atoms with Crippen LogP contribution >= 0.6 is 0 Å². The topological polar surface area (TPSA) is 38.7 Å². The van der Waals surface area contributed by atoms with Crippen LogP contribution < -0.4 is 0 Å². The number of nitrogens with zero attached hydrogens (tertiary/aromatic N) is 3. The fraction of sp³-hybridized carbons (Fsp3) is 0.190. The van der Waals surface area contributed by atoms with Crippen molar-refractivity contribution in [2.45, 2.75) is 78.6 Å². The van der Waals surface area contributed by atoms with E-state index >= 15 is 0 Å². The molecule has 0 aliphatic carbocycles. The minimum Gasteiger partial charge on any atom is -0.247 e. The van der Waals surface area contributed by atoms with Crippen molar-refractivity contribution in [3.8, 4) is 67.2 Å². The molecule has 66 heavy (non-hydrogen) atoms. The molecule has 0 atom stereocenters. The minimum atomic E-state index is 0.0214. The van der Waals surface area contributed by atoms with Crippen LogP contribution in [0.4, 0.5) is 0 Å². The first-order valence-electron chi connectivity index (χ1n) is 23.3. The van der Waals surface area contributed by atoms with Crippen molar-refractivity contribution in [2.75, 3.05) is 0 Å². The highest BCUT2D eigenvalue weighted by Crippen LogP contribution is 2.48. The van der Waals surface area contributed by atoms with E-state index in [-0.39, 0.29) is 16.2 Å². The lowest BCUT2D eigenvalue weighted by Gasteiger charge is -2.22. The molecule has 0 spiro atoms. The second kappa shape index (κ2) is 16.3. The Morgan fingerprint density at radius 3 is 0.697 bits per heavy atom. The Hall–Kier alpha value is -7.23. The molecular weight excluding hydrogens is 799 g/mol. The van der Waals surface area contributed by atoms with Gasteiger partial charge in [-0.05, 0) is 84.5 Å². The SMILES string of the molecule is CC(C)(C)c1ccc(-c2cc(-c3ccccc3)c3c(n2)c2c(-c4ccccc4)cc(-c4ccc(C(C)(C)C)cc4)nc2c2c(-c4ccccc4)cc(-c4ccc(C(C)(C)C)cc4)nc32)cc1. The number of fused-ring (bicyclic) bond motifs is 6. The standard InChI is InChI=1S/C63H57N3/c1-61(2,3)46-31-25-43(26-32-46)52-37-49(40-19-13-10-14-20-40)55-58(64-52)56-50(41-21-15-11-16-22-41)38-53(44-27-33-47(34-28-44)62(4,5)6)66-60(56)57-51(42-23-17-12-18-24-42)39-54(65-59(55)57)45-29-35-48(36-30-45)63(7,8)9/h10-39H,1-9H3. The van der Waals surface area contributed by atoms with Gasteiger partial charge >= 0.3 is 0 Å². The van der Waals surface area contributed by atoms with Crippen molar-refractivity contribution in [3.05, 3.63) is 199 Å². The van der Waals surface area contributed by atoms with Gasteiger partial charge < -0.3 is 0 Å². The molecule has 10 rings (SSSR count). The van der Waals surface area contributed by atoms with Crippen LogP contribution in [-0.2, 0) is 16.2 Å². The van der Waals surface area contributed by atoms with Gasteiger partial charge in [-0.3, -0.25) is 0 Å². The van der Waals surface area contributed by atoms with E-state index in [0.717, 1.165) is 99.9 Å². The van der Waals surface area contributed by atoms with E-state index in [1.165, 1.54) is 16.7 Å². The molecule has 0 saturated carbocycles. The monoisotopic (exact) mass is 855 g/mol. The molecule has 3 nitrogen and oxygen atoms in total. The molecule has 0 aliphatic heterocycles. The van der Waals surface area contributed by atoms with E-state index in [9.17, 15) is 0 Å². The molecule has 324 valence electrons. The highest BCUT2D eigenvalue weighted by Gasteiger charge is 2.26. The average Bonchev–Trinajstić information content (AvgIpc) is 3.33. The van der Waals surface area contributed by atoms with Crippen molar-refractivity contribution < 1.29 is 0 Å². The van der Waals surface area contributed by atoms with Crippen LogP contribution in [0.1, 0.15) is 79.0 Å². The molecule has 7 aromatic carbocycles. The van der Waals surface area contributed by atoms with Crippen molar-refractivity contribution in [3.63, 3.8) is 0 Å². The first-order chi connectivity index (χ1) is 31.6. The van der Waals surface area contributed by atoms with E-state index in [1.807, 2.05) is 0 Å². The number of hydrogen-bond acceptors (Lipinski definition) is 3. The quantitative estimate of drug-likeness (QED) is 0.156. The second-order valence-corrected chi connectivity index (χ2v) is 20.9.